The Hall–Kier alpha value is -2.50. The molecule has 0 amide bonds. The summed E-state index contributed by atoms with van der Waals surface area (Å²) in [5.41, 5.74) is 4.67. The van der Waals surface area contributed by atoms with Gasteiger partial charge in [-0.3, -0.25) is 0 Å². The van der Waals surface area contributed by atoms with E-state index >= 15 is 0 Å². The molecule has 1 rings (SSSR count). The minimum Gasteiger partial charge on any atom is -0.497 e. The van der Waals surface area contributed by atoms with E-state index in [1.54, 1.807) is 12.1 Å². The summed E-state index contributed by atoms with van der Waals surface area (Å²) >= 11 is 0. The van der Waals surface area contributed by atoms with Gasteiger partial charge in [-0.15, -0.1) is 0 Å². The molecule has 17 heavy (non-hydrogen) atoms. The van der Waals surface area contributed by atoms with Crippen LogP contribution in [-0.4, -0.2) is 29.3 Å². The Labute approximate surface area is 96.9 Å². The molecule has 0 aliphatic heterocycles. The van der Waals surface area contributed by atoms with Crippen LogP contribution < -0.4 is 10.5 Å². The topological polar surface area (TPSA) is 110 Å². The van der Waals surface area contributed by atoms with Crippen LogP contribution in [0.4, 0.5) is 0 Å². The first-order valence-electron chi connectivity index (χ1n) is 4.58. The van der Waals surface area contributed by atoms with Crippen LogP contribution in [0.2, 0.25) is 0 Å². The zero-order chi connectivity index (χ0) is 13.0. The minimum absolute atomic E-state index is 0.298. The number of ether oxygens (including phenoxy) is 1. The minimum atomic E-state index is -1.58. The number of aliphatic carboxylic acids is 2. The van der Waals surface area contributed by atoms with Crippen LogP contribution in [0.1, 0.15) is 5.56 Å². The third-order valence-electron chi connectivity index (χ3n) is 2.10. The predicted molar refractivity (Wildman–Crippen MR) is 59.4 cm³/mol. The van der Waals surface area contributed by atoms with E-state index in [1.807, 2.05) is 0 Å². The van der Waals surface area contributed by atoms with Gasteiger partial charge in [0.15, 0.2) is 5.57 Å². The van der Waals surface area contributed by atoms with Gasteiger partial charge >= 0.3 is 11.9 Å². The molecule has 6 heteroatoms. The molecule has 0 bridgehead atoms. The fraction of sp³-hybridized carbons (Fsp3) is 0.0909. The third kappa shape index (κ3) is 2.75. The van der Waals surface area contributed by atoms with Gasteiger partial charge in [-0.05, 0) is 29.8 Å². The second-order valence-corrected chi connectivity index (χ2v) is 3.13. The Morgan fingerprint density at radius 2 is 1.59 bits per heavy atom. The van der Waals surface area contributed by atoms with E-state index in [-0.39, 0.29) is 5.70 Å². The van der Waals surface area contributed by atoms with E-state index in [0.29, 0.717) is 11.3 Å². The maximum Gasteiger partial charge on any atom is 0.345 e. The van der Waals surface area contributed by atoms with Crippen molar-refractivity contribution >= 4 is 17.6 Å². The highest BCUT2D eigenvalue weighted by Gasteiger charge is 2.21. The molecule has 0 aliphatic rings. The van der Waals surface area contributed by atoms with Crippen molar-refractivity contribution in [3.05, 3.63) is 35.4 Å². The molecule has 1 aromatic carbocycles. The van der Waals surface area contributed by atoms with Gasteiger partial charge in [0.25, 0.3) is 0 Å². The molecule has 0 saturated carbocycles. The van der Waals surface area contributed by atoms with Gasteiger partial charge in [0, 0.05) is 0 Å². The quantitative estimate of drug-likeness (QED) is 0.400. The number of methoxy groups -OCH3 is 1. The molecule has 0 atom stereocenters. The normalized spacial score (nSPS) is 9.47. The largest absolute Gasteiger partial charge is 0.497 e. The molecule has 0 heterocycles. The third-order valence-corrected chi connectivity index (χ3v) is 2.10. The number of hydrogen-bond acceptors (Lipinski definition) is 4. The fourth-order valence-corrected chi connectivity index (χ4v) is 1.24. The van der Waals surface area contributed by atoms with Gasteiger partial charge in [0.2, 0.25) is 0 Å². The average Bonchev–Trinajstić information content (AvgIpc) is 2.28. The molecule has 0 spiro atoms. The molecule has 0 radical (unpaired) electrons. The van der Waals surface area contributed by atoms with E-state index in [2.05, 4.69) is 0 Å². The SMILES string of the molecule is COc1ccc(C(N)=C(C(=O)O)C(=O)O)cc1. The summed E-state index contributed by atoms with van der Waals surface area (Å²) in [5.74, 6) is -2.59. The van der Waals surface area contributed by atoms with Crippen LogP contribution in [0.15, 0.2) is 29.8 Å². The number of carboxylic acid groups (broad SMARTS) is 2. The van der Waals surface area contributed by atoms with Gasteiger partial charge in [0.05, 0.1) is 12.8 Å². The smallest absolute Gasteiger partial charge is 0.345 e. The van der Waals surface area contributed by atoms with Crippen molar-refractivity contribution in [2.75, 3.05) is 7.11 Å². The molecule has 0 aromatic heterocycles. The lowest BCUT2D eigenvalue weighted by Crippen LogP contribution is -2.17. The van der Waals surface area contributed by atoms with Crippen molar-refractivity contribution in [1.29, 1.82) is 0 Å². The fourth-order valence-electron chi connectivity index (χ4n) is 1.24. The highest BCUT2D eigenvalue weighted by Crippen LogP contribution is 2.18. The van der Waals surface area contributed by atoms with Crippen LogP contribution in [-0.2, 0) is 9.59 Å². The Bertz CT molecular complexity index is 459. The molecule has 1 aromatic rings. The van der Waals surface area contributed by atoms with Gasteiger partial charge in [-0.25, -0.2) is 9.59 Å². The Morgan fingerprint density at radius 3 is 1.94 bits per heavy atom. The molecule has 6 nitrogen and oxygen atoms in total. The number of rotatable bonds is 4. The van der Waals surface area contributed by atoms with Crippen molar-refractivity contribution in [1.82, 2.24) is 0 Å². The van der Waals surface area contributed by atoms with E-state index in [9.17, 15) is 9.59 Å². The molecule has 0 aliphatic carbocycles. The average molecular weight is 237 g/mol. The maximum atomic E-state index is 10.7. The summed E-state index contributed by atoms with van der Waals surface area (Å²) < 4.78 is 4.91. The van der Waals surface area contributed by atoms with Crippen molar-refractivity contribution in [2.24, 2.45) is 5.73 Å². The number of benzene rings is 1. The lowest BCUT2D eigenvalue weighted by molar-refractivity contribution is -0.140. The van der Waals surface area contributed by atoms with Crippen molar-refractivity contribution in [2.45, 2.75) is 0 Å². The first kappa shape index (κ1) is 12.6. The van der Waals surface area contributed by atoms with Crippen molar-refractivity contribution < 1.29 is 24.5 Å². The zero-order valence-electron chi connectivity index (χ0n) is 9.01. The number of hydrogen-bond donors (Lipinski definition) is 3. The molecule has 0 saturated heterocycles. The first-order valence-corrected chi connectivity index (χ1v) is 4.58. The molecular formula is C11H11NO5. The summed E-state index contributed by atoms with van der Waals surface area (Å²) in [6, 6.07) is 6.09. The molecule has 0 unspecified atom stereocenters. The predicted octanol–water partition coefficient (Wildman–Crippen LogP) is 0.534. The Kier molecular flexibility index (Phi) is 3.71. The van der Waals surface area contributed by atoms with Gasteiger partial charge in [0.1, 0.15) is 5.75 Å². The van der Waals surface area contributed by atoms with Crippen molar-refractivity contribution in [3.8, 4) is 5.75 Å². The van der Waals surface area contributed by atoms with Gasteiger partial charge in [-0.2, -0.15) is 0 Å². The first-order chi connectivity index (χ1) is 7.97. The molecule has 0 fully saturated rings. The zero-order valence-corrected chi connectivity index (χ0v) is 9.01. The Balaban J connectivity index is 3.24. The lowest BCUT2D eigenvalue weighted by Gasteiger charge is -2.06. The maximum absolute atomic E-state index is 10.7. The van der Waals surface area contributed by atoms with E-state index in [4.69, 9.17) is 20.7 Å². The summed E-state index contributed by atoms with van der Waals surface area (Å²) in [6.45, 7) is 0. The second kappa shape index (κ2) is 5.02. The molecule has 90 valence electrons. The van der Waals surface area contributed by atoms with E-state index in [0.717, 1.165) is 0 Å². The van der Waals surface area contributed by atoms with E-state index in [1.165, 1.54) is 19.2 Å². The summed E-state index contributed by atoms with van der Waals surface area (Å²) in [6.07, 6.45) is 0. The van der Waals surface area contributed by atoms with Crippen LogP contribution in [0.5, 0.6) is 5.75 Å². The van der Waals surface area contributed by atoms with Crippen molar-refractivity contribution in [3.63, 3.8) is 0 Å². The number of nitrogens with two attached hydrogens (primary N) is 1. The highest BCUT2D eigenvalue weighted by molar-refractivity contribution is 6.18. The van der Waals surface area contributed by atoms with Crippen LogP contribution >= 0.6 is 0 Å². The lowest BCUT2D eigenvalue weighted by atomic mass is 10.1. The monoisotopic (exact) mass is 237 g/mol. The molecule has 4 N–H and O–H groups in total. The van der Waals surface area contributed by atoms with E-state index < -0.39 is 17.5 Å². The Morgan fingerprint density at radius 1 is 1.12 bits per heavy atom. The van der Waals surface area contributed by atoms with Gasteiger partial charge < -0.3 is 20.7 Å². The van der Waals surface area contributed by atoms with Gasteiger partial charge in [-0.1, -0.05) is 0 Å². The summed E-state index contributed by atoms with van der Waals surface area (Å²) in [4.78, 5) is 21.5. The standard InChI is InChI=1S/C11H11NO5/c1-17-7-4-2-6(3-5-7)9(12)8(10(13)14)11(15)16/h2-5H,12H2,1H3,(H,13,14)(H,15,16). The summed E-state index contributed by atoms with van der Waals surface area (Å²) in [5, 5.41) is 17.5. The number of carboxylic acids is 2. The summed E-state index contributed by atoms with van der Waals surface area (Å²) in [7, 11) is 1.48. The van der Waals surface area contributed by atoms with Crippen LogP contribution in [0.25, 0.3) is 5.70 Å². The second-order valence-electron chi connectivity index (χ2n) is 3.13. The molecular weight excluding hydrogens is 226 g/mol. The van der Waals surface area contributed by atoms with Crippen LogP contribution in [0.3, 0.4) is 0 Å². The van der Waals surface area contributed by atoms with Crippen LogP contribution in [0, 0.1) is 0 Å². The number of carbonyl (C=O) groups is 2. The highest BCUT2D eigenvalue weighted by atomic mass is 16.5.